The van der Waals surface area contributed by atoms with E-state index in [4.69, 9.17) is 22.1 Å². The molecular formula is C14H12ClF2NO. The fourth-order valence-corrected chi connectivity index (χ4v) is 1.91. The van der Waals surface area contributed by atoms with Gasteiger partial charge in [0.25, 0.3) is 0 Å². The van der Waals surface area contributed by atoms with E-state index in [0.717, 1.165) is 6.07 Å². The first-order valence-corrected chi connectivity index (χ1v) is 6.04. The quantitative estimate of drug-likeness (QED) is 0.929. The van der Waals surface area contributed by atoms with Gasteiger partial charge in [-0.1, -0.05) is 17.7 Å². The van der Waals surface area contributed by atoms with Crippen molar-refractivity contribution in [2.75, 3.05) is 0 Å². The molecule has 2 rings (SSSR count). The zero-order valence-electron chi connectivity index (χ0n) is 10.00. The Bertz CT molecular complexity index is 590. The number of ether oxygens (including phenoxy) is 1. The van der Waals surface area contributed by atoms with Crippen LogP contribution in [0.3, 0.4) is 0 Å². The first-order chi connectivity index (χ1) is 9.11. The Morgan fingerprint density at radius 2 is 1.95 bits per heavy atom. The van der Waals surface area contributed by atoms with Gasteiger partial charge in [-0.05, 0) is 24.3 Å². The van der Waals surface area contributed by atoms with Crippen molar-refractivity contribution >= 4 is 11.6 Å². The largest absolute Gasteiger partial charge is 0.488 e. The second-order valence-corrected chi connectivity index (χ2v) is 4.35. The molecule has 0 radical (unpaired) electrons. The third kappa shape index (κ3) is 3.22. The molecule has 100 valence electrons. The van der Waals surface area contributed by atoms with Crippen molar-refractivity contribution in [3.05, 3.63) is 64.2 Å². The molecule has 0 aliphatic heterocycles. The summed E-state index contributed by atoms with van der Waals surface area (Å²) in [6, 6.07) is 8.48. The van der Waals surface area contributed by atoms with Gasteiger partial charge in [-0.2, -0.15) is 0 Å². The first-order valence-electron chi connectivity index (χ1n) is 5.66. The Morgan fingerprint density at radius 1 is 1.16 bits per heavy atom. The maximum absolute atomic E-state index is 13.4. The van der Waals surface area contributed by atoms with Gasteiger partial charge in [-0.3, -0.25) is 0 Å². The van der Waals surface area contributed by atoms with Crippen LogP contribution in [0.1, 0.15) is 11.1 Å². The minimum Gasteiger partial charge on any atom is -0.488 e. The molecule has 19 heavy (non-hydrogen) atoms. The predicted octanol–water partition coefficient (Wildman–Crippen LogP) is 3.66. The molecule has 2 nitrogen and oxygen atoms in total. The molecule has 0 unspecified atom stereocenters. The average Bonchev–Trinajstić information content (AvgIpc) is 2.38. The van der Waals surface area contributed by atoms with Gasteiger partial charge >= 0.3 is 0 Å². The van der Waals surface area contributed by atoms with E-state index < -0.39 is 11.6 Å². The molecule has 0 saturated heterocycles. The highest BCUT2D eigenvalue weighted by Crippen LogP contribution is 2.26. The van der Waals surface area contributed by atoms with E-state index in [-0.39, 0.29) is 18.7 Å². The molecule has 0 aromatic heterocycles. The summed E-state index contributed by atoms with van der Waals surface area (Å²) >= 11 is 5.98. The molecule has 2 N–H and O–H groups in total. The summed E-state index contributed by atoms with van der Waals surface area (Å²) in [6.45, 7) is 0.209. The van der Waals surface area contributed by atoms with Crippen LogP contribution in [-0.4, -0.2) is 0 Å². The lowest BCUT2D eigenvalue weighted by atomic mass is 10.2. The number of halogens is 3. The molecule has 0 heterocycles. The first kappa shape index (κ1) is 13.8. The van der Waals surface area contributed by atoms with Gasteiger partial charge < -0.3 is 10.5 Å². The maximum atomic E-state index is 13.4. The standard InChI is InChI=1S/C14H12ClF2NO/c15-12-2-1-3-14(11(12)7-18)19-8-9-4-5-10(16)6-13(9)17/h1-6H,7-8,18H2. The maximum Gasteiger partial charge on any atom is 0.132 e. The number of nitrogens with two attached hydrogens (primary N) is 1. The Labute approximate surface area is 114 Å². The van der Waals surface area contributed by atoms with Gasteiger partial charge in [0, 0.05) is 28.8 Å². The van der Waals surface area contributed by atoms with Crippen LogP contribution in [0.15, 0.2) is 36.4 Å². The number of hydrogen-bond donors (Lipinski definition) is 1. The van der Waals surface area contributed by atoms with E-state index in [0.29, 0.717) is 16.3 Å². The molecule has 0 saturated carbocycles. The van der Waals surface area contributed by atoms with Crippen LogP contribution in [0.2, 0.25) is 5.02 Å². The Kier molecular flexibility index (Phi) is 4.35. The SMILES string of the molecule is NCc1c(Cl)cccc1OCc1ccc(F)cc1F. The van der Waals surface area contributed by atoms with Crippen LogP contribution in [-0.2, 0) is 13.2 Å². The fourth-order valence-electron chi connectivity index (χ4n) is 1.67. The summed E-state index contributed by atoms with van der Waals surface area (Å²) in [7, 11) is 0. The van der Waals surface area contributed by atoms with Crippen LogP contribution in [0.25, 0.3) is 0 Å². The summed E-state index contributed by atoms with van der Waals surface area (Å²) < 4.78 is 31.7. The Morgan fingerprint density at radius 3 is 2.63 bits per heavy atom. The smallest absolute Gasteiger partial charge is 0.132 e. The Hall–Kier alpha value is -1.65. The van der Waals surface area contributed by atoms with Gasteiger partial charge in [0.05, 0.1) is 0 Å². The summed E-state index contributed by atoms with van der Waals surface area (Å²) in [5, 5.41) is 0.500. The van der Waals surface area contributed by atoms with Gasteiger partial charge in [-0.15, -0.1) is 0 Å². The van der Waals surface area contributed by atoms with Crippen LogP contribution < -0.4 is 10.5 Å². The number of benzene rings is 2. The molecule has 0 amide bonds. The molecule has 0 aliphatic carbocycles. The summed E-state index contributed by atoms with van der Waals surface area (Å²) in [6.07, 6.45) is 0. The zero-order valence-corrected chi connectivity index (χ0v) is 10.8. The molecule has 2 aromatic carbocycles. The van der Waals surface area contributed by atoms with E-state index in [9.17, 15) is 8.78 Å². The molecule has 5 heteroatoms. The van der Waals surface area contributed by atoms with Crippen LogP contribution in [0.5, 0.6) is 5.75 Å². The summed E-state index contributed by atoms with van der Waals surface area (Å²) in [5.74, 6) is -0.762. The van der Waals surface area contributed by atoms with E-state index in [2.05, 4.69) is 0 Å². The molecule has 2 aromatic rings. The molecule has 0 aliphatic rings. The van der Waals surface area contributed by atoms with Gasteiger partial charge in [0.15, 0.2) is 0 Å². The third-order valence-corrected chi connectivity index (χ3v) is 3.03. The summed E-state index contributed by atoms with van der Waals surface area (Å²) in [4.78, 5) is 0. The van der Waals surface area contributed by atoms with Crippen LogP contribution >= 0.6 is 11.6 Å². The van der Waals surface area contributed by atoms with E-state index in [1.807, 2.05) is 0 Å². The topological polar surface area (TPSA) is 35.2 Å². The van der Waals surface area contributed by atoms with Crippen molar-refractivity contribution in [1.29, 1.82) is 0 Å². The van der Waals surface area contributed by atoms with Gasteiger partial charge in [0.1, 0.15) is 24.0 Å². The lowest BCUT2D eigenvalue weighted by Crippen LogP contribution is -2.04. The fraction of sp³-hybridized carbons (Fsp3) is 0.143. The molecule has 0 fully saturated rings. The minimum absolute atomic E-state index is 0.0144. The predicted molar refractivity (Wildman–Crippen MR) is 70.0 cm³/mol. The Balaban J connectivity index is 2.17. The van der Waals surface area contributed by atoms with Crippen molar-refractivity contribution in [3.63, 3.8) is 0 Å². The minimum atomic E-state index is -0.642. The highest BCUT2D eigenvalue weighted by Gasteiger charge is 2.09. The lowest BCUT2D eigenvalue weighted by molar-refractivity contribution is 0.296. The van der Waals surface area contributed by atoms with Crippen LogP contribution in [0, 0.1) is 11.6 Å². The van der Waals surface area contributed by atoms with E-state index in [1.165, 1.54) is 12.1 Å². The van der Waals surface area contributed by atoms with Crippen LogP contribution in [0.4, 0.5) is 8.78 Å². The normalized spacial score (nSPS) is 10.5. The second kappa shape index (κ2) is 5.99. The highest BCUT2D eigenvalue weighted by molar-refractivity contribution is 6.31. The lowest BCUT2D eigenvalue weighted by Gasteiger charge is -2.12. The third-order valence-electron chi connectivity index (χ3n) is 2.68. The van der Waals surface area contributed by atoms with Crippen molar-refractivity contribution in [1.82, 2.24) is 0 Å². The van der Waals surface area contributed by atoms with E-state index >= 15 is 0 Å². The zero-order chi connectivity index (χ0) is 13.8. The van der Waals surface area contributed by atoms with Crippen molar-refractivity contribution < 1.29 is 13.5 Å². The molecular weight excluding hydrogens is 272 g/mol. The van der Waals surface area contributed by atoms with Gasteiger partial charge in [0.2, 0.25) is 0 Å². The van der Waals surface area contributed by atoms with Gasteiger partial charge in [-0.25, -0.2) is 8.78 Å². The number of hydrogen-bond acceptors (Lipinski definition) is 2. The monoisotopic (exact) mass is 283 g/mol. The number of rotatable bonds is 4. The van der Waals surface area contributed by atoms with E-state index in [1.54, 1.807) is 18.2 Å². The molecule has 0 atom stereocenters. The molecule has 0 spiro atoms. The highest BCUT2D eigenvalue weighted by atomic mass is 35.5. The average molecular weight is 284 g/mol. The van der Waals surface area contributed by atoms with Crippen molar-refractivity contribution in [2.24, 2.45) is 5.73 Å². The van der Waals surface area contributed by atoms with Crippen molar-refractivity contribution in [2.45, 2.75) is 13.2 Å². The second-order valence-electron chi connectivity index (χ2n) is 3.95. The summed E-state index contributed by atoms with van der Waals surface area (Å²) in [5.41, 5.74) is 6.51. The molecule has 0 bridgehead atoms. The van der Waals surface area contributed by atoms with Crippen molar-refractivity contribution in [3.8, 4) is 5.75 Å².